The van der Waals surface area contributed by atoms with Crippen LogP contribution in [0, 0.1) is 6.92 Å². The number of hydrogen-bond donors (Lipinski definition) is 1. The zero-order valence-corrected chi connectivity index (χ0v) is 21.5. The molecule has 0 aliphatic heterocycles. The van der Waals surface area contributed by atoms with Gasteiger partial charge in [-0.15, -0.1) is 11.8 Å². The van der Waals surface area contributed by atoms with Gasteiger partial charge in [-0.05, 0) is 57.4 Å². The zero-order valence-electron chi connectivity index (χ0n) is 19.1. The number of amides is 2. The molecular formula is C25H33BrN2O2S. The van der Waals surface area contributed by atoms with Gasteiger partial charge in [0.05, 0.1) is 5.75 Å². The maximum absolute atomic E-state index is 13.3. The number of nitrogens with zero attached hydrogens (tertiary/aromatic N) is 1. The molecule has 0 radical (unpaired) electrons. The summed E-state index contributed by atoms with van der Waals surface area (Å²) in [6, 6.07) is 15.7. The fourth-order valence-electron chi connectivity index (χ4n) is 3.30. The Morgan fingerprint density at radius 2 is 1.77 bits per heavy atom. The summed E-state index contributed by atoms with van der Waals surface area (Å²) in [5, 5.41) is 3.05. The van der Waals surface area contributed by atoms with Crippen molar-refractivity contribution in [3.63, 3.8) is 0 Å². The predicted octanol–water partition coefficient (Wildman–Crippen LogP) is 5.71. The lowest BCUT2D eigenvalue weighted by molar-refractivity contribution is -0.140. The van der Waals surface area contributed by atoms with Gasteiger partial charge in [-0.3, -0.25) is 9.59 Å². The molecule has 2 aromatic rings. The lowest BCUT2D eigenvalue weighted by Crippen LogP contribution is -2.53. The standard InChI is InChI=1S/C25H33BrN2O2S/c1-6-22(24(30)27-25(3,4)5)28(15-20-9-7-8-18(2)14-20)23(29)17-31-16-19-10-12-21(26)13-11-19/h7-14,22H,6,15-17H2,1-5H3,(H,27,30)/t22-/m1/s1. The highest BCUT2D eigenvalue weighted by Gasteiger charge is 2.30. The van der Waals surface area contributed by atoms with Crippen molar-refractivity contribution in [2.75, 3.05) is 5.75 Å². The average Bonchev–Trinajstić information content (AvgIpc) is 2.68. The molecule has 0 unspecified atom stereocenters. The van der Waals surface area contributed by atoms with Gasteiger partial charge >= 0.3 is 0 Å². The highest BCUT2D eigenvalue weighted by atomic mass is 79.9. The molecule has 168 valence electrons. The van der Waals surface area contributed by atoms with Crippen LogP contribution in [-0.2, 0) is 21.9 Å². The summed E-state index contributed by atoms with van der Waals surface area (Å²) < 4.78 is 1.04. The van der Waals surface area contributed by atoms with Crippen molar-refractivity contribution in [1.29, 1.82) is 0 Å². The minimum atomic E-state index is -0.500. The number of benzene rings is 2. The second kappa shape index (κ2) is 11.7. The molecule has 31 heavy (non-hydrogen) atoms. The molecule has 0 aliphatic carbocycles. The van der Waals surface area contributed by atoms with Crippen LogP contribution < -0.4 is 5.32 Å². The third-order valence-corrected chi connectivity index (χ3v) is 6.24. The summed E-state index contributed by atoms with van der Waals surface area (Å²) in [6.45, 7) is 10.3. The molecule has 1 N–H and O–H groups in total. The first kappa shape index (κ1) is 25.5. The number of rotatable bonds is 9. The van der Waals surface area contributed by atoms with Gasteiger partial charge < -0.3 is 10.2 Å². The van der Waals surface area contributed by atoms with Crippen LogP contribution in [0.4, 0.5) is 0 Å². The molecule has 0 saturated heterocycles. The van der Waals surface area contributed by atoms with Crippen LogP contribution >= 0.6 is 27.7 Å². The van der Waals surface area contributed by atoms with E-state index in [0.29, 0.717) is 18.7 Å². The maximum atomic E-state index is 13.3. The van der Waals surface area contributed by atoms with Crippen molar-refractivity contribution in [3.8, 4) is 0 Å². The monoisotopic (exact) mass is 504 g/mol. The Morgan fingerprint density at radius 1 is 1.10 bits per heavy atom. The Labute approximate surface area is 199 Å². The quantitative estimate of drug-likeness (QED) is 0.475. The predicted molar refractivity (Wildman–Crippen MR) is 134 cm³/mol. The normalized spacial score (nSPS) is 12.3. The largest absolute Gasteiger partial charge is 0.350 e. The Kier molecular flexibility index (Phi) is 9.63. The highest BCUT2D eigenvalue weighted by Crippen LogP contribution is 2.19. The summed E-state index contributed by atoms with van der Waals surface area (Å²) in [5.41, 5.74) is 3.00. The molecular weight excluding hydrogens is 472 g/mol. The first-order valence-corrected chi connectivity index (χ1v) is 12.5. The van der Waals surface area contributed by atoms with E-state index in [2.05, 4.69) is 39.4 Å². The Morgan fingerprint density at radius 3 is 2.35 bits per heavy atom. The lowest BCUT2D eigenvalue weighted by Gasteiger charge is -2.33. The van der Waals surface area contributed by atoms with Crippen LogP contribution in [0.25, 0.3) is 0 Å². The maximum Gasteiger partial charge on any atom is 0.243 e. The van der Waals surface area contributed by atoms with E-state index in [-0.39, 0.29) is 17.4 Å². The third-order valence-electron chi connectivity index (χ3n) is 4.73. The van der Waals surface area contributed by atoms with Crippen LogP contribution in [0.2, 0.25) is 0 Å². The number of aryl methyl sites for hydroxylation is 1. The Bertz CT molecular complexity index is 878. The molecule has 4 nitrogen and oxygen atoms in total. The Hall–Kier alpha value is -1.79. The molecule has 1 atom stereocenters. The molecule has 6 heteroatoms. The molecule has 0 aliphatic rings. The van der Waals surface area contributed by atoms with Gasteiger partial charge in [-0.1, -0.05) is 64.8 Å². The highest BCUT2D eigenvalue weighted by molar-refractivity contribution is 9.10. The summed E-state index contributed by atoms with van der Waals surface area (Å²) in [4.78, 5) is 28.0. The van der Waals surface area contributed by atoms with E-state index >= 15 is 0 Å². The number of nitrogens with one attached hydrogen (secondary N) is 1. The van der Waals surface area contributed by atoms with Crippen molar-refractivity contribution < 1.29 is 9.59 Å². The van der Waals surface area contributed by atoms with E-state index < -0.39 is 6.04 Å². The summed E-state index contributed by atoms with van der Waals surface area (Å²) in [5.74, 6) is 0.970. The van der Waals surface area contributed by atoms with Crippen LogP contribution in [0.5, 0.6) is 0 Å². The van der Waals surface area contributed by atoms with Gasteiger partial charge in [-0.2, -0.15) is 0 Å². The molecule has 0 bridgehead atoms. The molecule has 0 spiro atoms. The van der Waals surface area contributed by atoms with Gasteiger partial charge in [0.25, 0.3) is 0 Å². The van der Waals surface area contributed by atoms with E-state index in [1.807, 2.05) is 65.0 Å². The minimum Gasteiger partial charge on any atom is -0.350 e. The minimum absolute atomic E-state index is 0.0143. The molecule has 2 amide bonds. The summed E-state index contributed by atoms with van der Waals surface area (Å²) in [6.07, 6.45) is 0.566. The first-order valence-electron chi connectivity index (χ1n) is 10.6. The van der Waals surface area contributed by atoms with Crippen molar-refractivity contribution in [1.82, 2.24) is 10.2 Å². The average molecular weight is 506 g/mol. The summed E-state index contributed by atoms with van der Waals surface area (Å²) >= 11 is 5.02. The van der Waals surface area contributed by atoms with Crippen LogP contribution in [0.15, 0.2) is 53.0 Å². The van der Waals surface area contributed by atoms with Crippen LogP contribution in [-0.4, -0.2) is 34.0 Å². The van der Waals surface area contributed by atoms with E-state index in [4.69, 9.17) is 0 Å². The molecule has 0 fully saturated rings. The second-order valence-electron chi connectivity index (χ2n) is 8.79. The SMILES string of the molecule is CC[C@H](C(=O)NC(C)(C)C)N(Cc1cccc(C)c1)C(=O)CSCc1ccc(Br)cc1. The molecule has 2 rings (SSSR count). The molecule has 0 saturated carbocycles. The van der Waals surface area contributed by atoms with E-state index in [0.717, 1.165) is 21.4 Å². The van der Waals surface area contributed by atoms with Crippen LogP contribution in [0.3, 0.4) is 0 Å². The molecule has 2 aromatic carbocycles. The molecule has 0 heterocycles. The van der Waals surface area contributed by atoms with Gasteiger partial charge in [0, 0.05) is 22.3 Å². The Balaban J connectivity index is 2.15. The number of thioether (sulfide) groups is 1. The fraction of sp³-hybridized carbons (Fsp3) is 0.440. The number of halogens is 1. The smallest absolute Gasteiger partial charge is 0.243 e. The third kappa shape index (κ3) is 8.69. The van der Waals surface area contributed by atoms with Crippen LogP contribution in [0.1, 0.15) is 50.8 Å². The van der Waals surface area contributed by atoms with Gasteiger partial charge in [-0.25, -0.2) is 0 Å². The van der Waals surface area contributed by atoms with Crippen molar-refractivity contribution >= 4 is 39.5 Å². The topological polar surface area (TPSA) is 49.4 Å². The van der Waals surface area contributed by atoms with Gasteiger partial charge in [0.1, 0.15) is 6.04 Å². The number of hydrogen-bond acceptors (Lipinski definition) is 3. The zero-order chi connectivity index (χ0) is 23.0. The van der Waals surface area contributed by atoms with E-state index in [9.17, 15) is 9.59 Å². The molecule has 0 aromatic heterocycles. The summed E-state index contributed by atoms with van der Waals surface area (Å²) in [7, 11) is 0. The van der Waals surface area contributed by atoms with Crippen molar-refractivity contribution in [2.45, 2.75) is 64.9 Å². The van der Waals surface area contributed by atoms with Crippen molar-refractivity contribution in [2.24, 2.45) is 0 Å². The second-order valence-corrected chi connectivity index (χ2v) is 10.7. The van der Waals surface area contributed by atoms with E-state index in [1.54, 1.807) is 16.7 Å². The van der Waals surface area contributed by atoms with Crippen molar-refractivity contribution in [3.05, 3.63) is 69.7 Å². The first-order chi connectivity index (χ1) is 14.6. The van der Waals surface area contributed by atoms with Gasteiger partial charge in [0.2, 0.25) is 11.8 Å². The fourth-order valence-corrected chi connectivity index (χ4v) is 4.43. The lowest BCUT2D eigenvalue weighted by atomic mass is 10.1. The number of carbonyl (C=O) groups is 2. The number of carbonyl (C=O) groups excluding carboxylic acids is 2. The van der Waals surface area contributed by atoms with E-state index in [1.165, 1.54) is 5.56 Å². The van der Waals surface area contributed by atoms with Gasteiger partial charge in [0.15, 0.2) is 0 Å².